The molecule has 0 spiro atoms. The highest BCUT2D eigenvalue weighted by Gasteiger charge is 2.55. The molecule has 3 heterocycles. The van der Waals surface area contributed by atoms with Gasteiger partial charge < -0.3 is 53.7 Å². The second-order valence-electron chi connectivity index (χ2n) is 17.9. The van der Waals surface area contributed by atoms with Crippen LogP contribution in [0.25, 0.3) is 0 Å². The molecule has 3 fully saturated rings. The van der Waals surface area contributed by atoms with Crippen molar-refractivity contribution in [2.75, 3.05) is 41.4 Å². The molecule has 13 nitrogen and oxygen atoms in total. The largest absolute Gasteiger partial charge is 0.459 e. The zero-order valence-corrected chi connectivity index (χ0v) is 36.2. The molecule has 18 atom stereocenters. The van der Waals surface area contributed by atoms with Gasteiger partial charge in [0.25, 0.3) is 0 Å². The minimum Gasteiger partial charge on any atom is -0.459 e. The van der Waals surface area contributed by atoms with Crippen molar-refractivity contribution in [1.29, 1.82) is 0 Å². The van der Waals surface area contributed by atoms with Crippen molar-refractivity contribution in [1.82, 2.24) is 9.80 Å². The van der Waals surface area contributed by atoms with Crippen LogP contribution >= 0.6 is 0 Å². The van der Waals surface area contributed by atoms with E-state index in [1.165, 1.54) is 6.92 Å². The highest BCUT2D eigenvalue weighted by atomic mass is 16.7. The Morgan fingerprint density at radius 1 is 0.982 bits per heavy atom. The fourth-order valence-electron chi connectivity index (χ4n) is 9.79. The average Bonchev–Trinajstić information content (AvgIpc) is 3.13. The maximum absolute atomic E-state index is 14.5. The lowest BCUT2D eigenvalue weighted by molar-refractivity contribution is -0.305. The Morgan fingerprint density at radius 2 is 1.60 bits per heavy atom. The SMILES string of the molecule is C#CCCN(C)[C@H]1C[C@@H](C)O[C@@H](O[C@@H]2[C@@H](C)C([C@H]3C[C@@](C)(OC)[C@@H](O)[C@H](C)O3)[C@@H](C)C(=O)O[C@H](CC)[C@@](C)(O)[C@H](O)[C@@H](C)N(C)C[C@H](C)C[C@@]2(C)OC)[C@@H]1O. The molecule has 0 aromatic heterocycles. The average molecular weight is 785 g/mol. The summed E-state index contributed by atoms with van der Waals surface area (Å²) in [5.74, 6) is 0.150. The molecule has 0 saturated carbocycles. The molecule has 320 valence electrons. The third kappa shape index (κ3) is 10.6. The second-order valence-corrected chi connectivity index (χ2v) is 17.9. The van der Waals surface area contributed by atoms with Gasteiger partial charge in [0, 0.05) is 58.2 Å². The lowest BCUT2D eigenvalue weighted by atomic mass is 9.68. The van der Waals surface area contributed by atoms with Crippen LogP contribution in [0.15, 0.2) is 0 Å². The number of ether oxygens (including phenoxy) is 6. The van der Waals surface area contributed by atoms with Crippen molar-refractivity contribution in [2.24, 2.45) is 23.7 Å². The number of nitrogens with zero attached hydrogens (tertiary/aromatic N) is 2. The van der Waals surface area contributed by atoms with E-state index < -0.39 is 95.6 Å². The van der Waals surface area contributed by atoms with E-state index in [-0.39, 0.29) is 30.9 Å². The zero-order valence-electron chi connectivity index (χ0n) is 36.2. The number of aliphatic hydroxyl groups is 4. The van der Waals surface area contributed by atoms with Crippen LogP contribution in [0.1, 0.15) is 101 Å². The Kier molecular flexibility index (Phi) is 17.1. The topological polar surface area (TPSA) is 160 Å². The first-order valence-corrected chi connectivity index (χ1v) is 20.4. The number of rotatable bonds is 9. The molecule has 0 amide bonds. The molecular weight excluding hydrogens is 708 g/mol. The number of terminal acetylenes is 1. The van der Waals surface area contributed by atoms with Crippen molar-refractivity contribution in [3.63, 3.8) is 0 Å². The molecule has 0 aliphatic carbocycles. The number of methoxy groups -OCH3 is 2. The first-order valence-electron chi connectivity index (χ1n) is 20.4. The van der Waals surface area contributed by atoms with Gasteiger partial charge in [-0.05, 0) is 86.7 Å². The monoisotopic (exact) mass is 785 g/mol. The van der Waals surface area contributed by atoms with Crippen LogP contribution in [0.5, 0.6) is 0 Å². The van der Waals surface area contributed by atoms with Crippen LogP contribution in [0.2, 0.25) is 0 Å². The Bertz CT molecular complexity index is 1270. The lowest BCUT2D eigenvalue weighted by Crippen LogP contribution is -2.62. The Balaban J connectivity index is 2.26. The molecular formula is C42H76N2O11. The van der Waals surface area contributed by atoms with Crippen LogP contribution < -0.4 is 0 Å². The number of hydrogen-bond acceptors (Lipinski definition) is 13. The molecule has 0 radical (unpaired) electrons. The number of esters is 1. The summed E-state index contributed by atoms with van der Waals surface area (Å²) in [6, 6.07) is -0.782. The molecule has 0 aromatic carbocycles. The van der Waals surface area contributed by atoms with Crippen LogP contribution in [0, 0.1) is 36.0 Å². The summed E-state index contributed by atoms with van der Waals surface area (Å²) in [5, 5.41) is 46.6. The molecule has 3 aliphatic heterocycles. The molecule has 13 heteroatoms. The Labute approximate surface area is 331 Å². The molecule has 0 bridgehead atoms. The highest BCUT2D eigenvalue weighted by Crippen LogP contribution is 2.45. The number of hydrogen-bond donors (Lipinski definition) is 4. The van der Waals surface area contributed by atoms with Gasteiger partial charge in [0.1, 0.15) is 30.0 Å². The van der Waals surface area contributed by atoms with E-state index in [4.69, 9.17) is 34.8 Å². The van der Waals surface area contributed by atoms with Gasteiger partial charge in [-0.25, -0.2) is 0 Å². The first-order chi connectivity index (χ1) is 25.5. The molecule has 1 unspecified atom stereocenters. The summed E-state index contributed by atoms with van der Waals surface area (Å²) in [6.45, 7) is 19.8. The molecule has 0 aromatic rings. The number of cyclic esters (lactones) is 1. The lowest BCUT2D eigenvalue weighted by Gasteiger charge is -2.52. The minimum atomic E-state index is -1.77. The van der Waals surface area contributed by atoms with Gasteiger partial charge in [-0.3, -0.25) is 9.69 Å². The predicted molar refractivity (Wildman–Crippen MR) is 210 cm³/mol. The van der Waals surface area contributed by atoms with Crippen molar-refractivity contribution >= 4 is 5.97 Å². The van der Waals surface area contributed by atoms with Crippen LogP contribution in [0.4, 0.5) is 0 Å². The summed E-state index contributed by atoms with van der Waals surface area (Å²) >= 11 is 0. The van der Waals surface area contributed by atoms with E-state index in [0.717, 1.165) is 0 Å². The number of aliphatic hydroxyl groups excluding tert-OH is 3. The Hall–Kier alpha value is -1.41. The van der Waals surface area contributed by atoms with Crippen molar-refractivity contribution < 1.29 is 53.6 Å². The summed E-state index contributed by atoms with van der Waals surface area (Å²) < 4.78 is 38.7. The maximum Gasteiger partial charge on any atom is 0.309 e. The summed E-state index contributed by atoms with van der Waals surface area (Å²) in [5.41, 5.74) is -3.76. The van der Waals surface area contributed by atoms with Gasteiger partial charge in [0.05, 0.1) is 41.5 Å². The van der Waals surface area contributed by atoms with Crippen LogP contribution in [-0.4, -0.2) is 162 Å². The molecule has 3 aliphatic rings. The predicted octanol–water partition coefficient (Wildman–Crippen LogP) is 3.22. The standard InChI is InChI=1S/C42H76N2O11/c1-16-18-19-43(12)30-20-25(4)52-39(34(30)45)55-37-26(5)33(31-22-40(9,50-14)36(47)29(8)53-31)27(6)38(48)54-32(17-2)42(11,49)35(46)28(7)44(13)23-24(3)21-41(37,10)51-15/h1,24-37,39,45-47,49H,17-23H2,2-15H3/t24-,25-,26+,27-,28-,29+,30+,31-,32-,33?,34-,35-,36+,37-,39+,40-,41-,42-/m1/s1. The third-order valence-corrected chi connectivity index (χ3v) is 13.5. The van der Waals surface area contributed by atoms with E-state index in [1.807, 2.05) is 60.5 Å². The van der Waals surface area contributed by atoms with Gasteiger partial charge in [-0.1, -0.05) is 27.7 Å². The van der Waals surface area contributed by atoms with Crippen molar-refractivity contribution in [3.8, 4) is 12.3 Å². The second kappa shape index (κ2) is 19.6. The van der Waals surface area contributed by atoms with E-state index >= 15 is 0 Å². The van der Waals surface area contributed by atoms with Gasteiger partial charge in [0.2, 0.25) is 0 Å². The molecule has 3 saturated heterocycles. The smallest absolute Gasteiger partial charge is 0.309 e. The first kappa shape index (κ1) is 48.0. The van der Waals surface area contributed by atoms with Gasteiger partial charge in [0.15, 0.2) is 6.29 Å². The fraction of sp³-hybridized carbons (Fsp3) is 0.929. The summed E-state index contributed by atoms with van der Waals surface area (Å²) in [4.78, 5) is 18.5. The zero-order chi connectivity index (χ0) is 41.8. The van der Waals surface area contributed by atoms with E-state index in [2.05, 4.69) is 17.7 Å². The number of carbonyl (C=O) groups excluding carboxylic acids is 1. The van der Waals surface area contributed by atoms with Crippen LogP contribution in [-0.2, 0) is 33.2 Å². The molecule has 4 N–H and O–H groups in total. The Morgan fingerprint density at radius 3 is 2.16 bits per heavy atom. The highest BCUT2D eigenvalue weighted by molar-refractivity contribution is 5.73. The quantitative estimate of drug-likeness (QED) is 0.200. The minimum absolute atomic E-state index is 0.00893. The van der Waals surface area contributed by atoms with Crippen molar-refractivity contribution in [3.05, 3.63) is 0 Å². The van der Waals surface area contributed by atoms with Gasteiger partial charge in [-0.2, -0.15) is 0 Å². The summed E-state index contributed by atoms with van der Waals surface area (Å²) in [6.07, 6.45) is 0.169. The van der Waals surface area contributed by atoms with Gasteiger partial charge >= 0.3 is 5.97 Å². The molecule has 55 heavy (non-hydrogen) atoms. The van der Waals surface area contributed by atoms with Crippen molar-refractivity contribution in [2.45, 2.75) is 185 Å². The number of carbonyl (C=O) groups is 1. The molecule has 3 rings (SSSR count). The van der Waals surface area contributed by atoms with Gasteiger partial charge in [-0.15, -0.1) is 12.3 Å². The van der Waals surface area contributed by atoms with Crippen LogP contribution in [0.3, 0.4) is 0 Å². The van der Waals surface area contributed by atoms with E-state index in [0.29, 0.717) is 32.4 Å². The number of likely N-dealkylation sites (N-methyl/N-ethyl adjacent to an activating group) is 2. The normalized spacial score (nSPS) is 47.4. The summed E-state index contributed by atoms with van der Waals surface area (Å²) in [7, 11) is 7.04. The van der Waals surface area contributed by atoms with E-state index in [9.17, 15) is 25.2 Å². The maximum atomic E-state index is 14.5. The van der Waals surface area contributed by atoms with E-state index in [1.54, 1.807) is 28.1 Å². The fourth-order valence-corrected chi connectivity index (χ4v) is 9.79. The third-order valence-electron chi connectivity index (χ3n) is 13.5.